The zero-order valence-electron chi connectivity index (χ0n) is 28.8. The second kappa shape index (κ2) is 15.1. The normalized spacial score (nSPS) is 20.9. The summed E-state index contributed by atoms with van der Waals surface area (Å²) in [6.45, 7) is 9.77. The number of carbonyl (C=O) groups excluding carboxylic acids is 2. The van der Waals surface area contributed by atoms with Gasteiger partial charge in [-0.2, -0.15) is 0 Å². The van der Waals surface area contributed by atoms with Crippen LogP contribution >= 0.6 is 23.2 Å². The molecule has 0 bridgehead atoms. The number of nitrogens with zero attached hydrogens (tertiary/aromatic N) is 6. The van der Waals surface area contributed by atoms with Crippen LogP contribution < -0.4 is 14.5 Å². The van der Waals surface area contributed by atoms with Crippen LogP contribution in [0.4, 0.5) is 11.4 Å². The Hall–Kier alpha value is -4.29. The van der Waals surface area contributed by atoms with E-state index in [4.69, 9.17) is 37.4 Å². The van der Waals surface area contributed by atoms with Crippen molar-refractivity contribution >= 4 is 46.4 Å². The Morgan fingerprint density at radius 3 is 2.10 bits per heavy atom. The van der Waals surface area contributed by atoms with Crippen molar-refractivity contribution in [2.75, 3.05) is 68.8 Å². The third kappa shape index (κ3) is 7.97. The Labute approximate surface area is 308 Å². The average molecular weight is 734 g/mol. The van der Waals surface area contributed by atoms with Gasteiger partial charge in [-0.1, -0.05) is 35.3 Å². The fourth-order valence-corrected chi connectivity index (χ4v) is 7.61. The molecule has 3 aliphatic heterocycles. The van der Waals surface area contributed by atoms with E-state index in [1.165, 1.54) is 0 Å². The molecular formula is C38H42Cl2N6O5. The Kier molecular flexibility index (Phi) is 10.4. The number of carbonyl (C=O) groups is 2. The Balaban J connectivity index is 1.13. The highest BCUT2D eigenvalue weighted by atomic mass is 35.5. The van der Waals surface area contributed by atoms with Crippen LogP contribution in [0.2, 0.25) is 10.0 Å². The number of anilines is 2. The highest BCUT2D eigenvalue weighted by Gasteiger charge is 2.45. The first kappa shape index (κ1) is 35.1. The quantitative estimate of drug-likeness (QED) is 0.212. The van der Waals surface area contributed by atoms with Crippen molar-refractivity contribution in [1.82, 2.24) is 19.4 Å². The number of imidazole rings is 1. The van der Waals surface area contributed by atoms with Gasteiger partial charge in [0.25, 0.3) is 0 Å². The van der Waals surface area contributed by atoms with Crippen molar-refractivity contribution in [1.29, 1.82) is 0 Å². The van der Waals surface area contributed by atoms with E-state index in [9.17, 15) is 9.59 Å². The molecule has 11 nitrogen and oxygen atoms in total. The molecule has 0 spiro atoms. The van der Waals surface area contributed by atoms with Crippen molar-refractivity contribution in [3.63, 3.8) is 0 Å². The van der Waals surface area contributed by atoms with Crippen LogP contribution in [0.5, 0.6) is 11.5 Å². The summed E-state index contributed by atoms with van der Waals surface area (Å²) < 4.78 is 21.8. The molecule has 2 unspecified atom stereocenters. The first-order valence-electron chi connectivity index (χ1n) is 17.3. The fourth-order valence-electron chi connectivity index (χ4n) is 7.05. The minimum absolute atomic E-state index is 0.0981. The number of hydrogen-bond acceptors (Lipinski definition) is 8. The smallest absolute Gasteiger partial charge is 0.219 e. The van der Waals surface area contributed by atoms with Crippen molar-refractivity contribution in [3.05, 3.63) is 101 Å². The van der Waals surface area contributed by atoms with Gasteiger partial charge in [0.15, 0.2) is 0 Å². The predicted molar refractivity (Wildman–Crippen MR) is 197 cm³/mol. The summed E-state index contributed by atoms with van der Waals surface area (Å²) in [6.07, 6.45) is 5.54. The lowest BCUT2D eigenvalue weighted by Crippen LogP contribution is -2.48. The van der Waals surface area contributed by atoms with Crippen LogP contribution in [-0.2, 0) is 37.8 Å². The van der Waals surface area contributed by atoms with Crippen molar-refractivity contribution < 1.29 is 23.8 Å². The summed E-state index contributed by atoms with van der Waals surface area (Å²) in [7, 11) is 0. The Morgan fingerprint density at radius 1 is 0.843 bits per heavy atom. The molecule has 13 heteroatoms. The zero-order valence-corrected chi connectivity index (χ0v) is 30.4. The van der Waals surface area contributed by atoms with E-state index in [-0.39, 0.29) is 17.9 Å². The van der Waals surface area contributed by atoms with Gasteiger partial charge in [-0.25, -0.2) is 4.98 Å². The van der Waals surface area contributed by atoms with E-state index in [1.54, 1.807) is 38.5 Å². The minimum atomic E-state index is -1.14. The molecule has 268 valence electrons. The van der Waals surface area contributed by atoms with Gasteiger partial charge in [-0.3, -0.25) is 9.59 Å². The van der Waals surface area contributed by atoms with Crippen LogP contribution in [-0.4, -0.2) is 96.2 Å². The molecule has 0 aliphatic carbocycles. The number of rotatable bonds is 9. The van der Waals surface area contributed by atoms with Crippen LogP contribution in [0, 0.1) is 0 Å². The molecule has 3 aromatic carbocycles. The van der Waals surface area contributed by atoms with Crippen LogP contribution in [0.1, 0.15) is 25.0 Å². The molecule has 1 aromatic heterocycles. The molecule has 0 N–H and O–H groups in total. The number of ether oxygens (including phenoxy) is 3. The number of benzene rings is 3. The van der Waals surface area contributed by atoms with Gasteiger partial charge >= 0.3 is 0 Å². The summed E-state index contributed by atoms with van der Waals surface area (Å²) in [6, 6.07) is 19.7. The molecule has 2 atom stereocenters. The predicted octanol–water partition coefficient (Wildman–Crippen LogP) is 5.83. The van der Waals surface area contributed by atoms with Gasteiger partial charge in [-0.05, 0) is 48.0 Å². The van der Waals surface area contributed by atoms with E-state index in [0.717, 1.165) is 48.9 Å². The molecule has 3 saturated heterocycles. The molecule has 2 amide bonds. The number of amides is 2. The molecule has 4 heterocycles. The average Bonchev–Trinajstić information content (AvgIpc) is 3.80. The highest BCUT2D eigenvalue weighted by Crippen LogP contribution is 2.42. The molecule has 7 rings (SSSR count). The van der Waals surface area contributed by atoms with Crippen molar-refractivity contribution in [2.45, 2.75) is 38.7 Å². The second-order valence-corrected chi connectivity index (χ2v) is 14.1. The monoisotopic (exact) mass is 732 g/mol. The van der Waals surface area contributed by atoms with Crippen LogP contribution in [0.25, 0.3) is 0 Å². The second-order valence-electron chi connectivity index (χ2n) is 13.2. The zero-order chi connectivity index (χ0) is 35.5. The van der Waals surface area contributed by atoms with Gasteiger partial charge in [-0.15, -0.1) is 0 Å². The first-order chi connectivity index (χ1) is 24.7. The molecular weight excluding hydrogens is 691 g/mol. The van der Waals surface area contributed by atoms with Crippen molar-refractivity contribution in [3.8, 4) is 11.5 Å². The lowest BCUT2D eigenvalue weighted by atomic mass is 10.0. The summed E-state index contributed by atoms with van der Waals surface area (Å²) in [5, 5.41) is 0.995. The maximum Gasteiger partial charge on any atom is 0.219 e. The van der Waals surface area contributed by atoms with Gasteiger partial charge < -0.3 is 38.4 Å². The molecule has 3 aliphatic rings. The van der Waals surface area contributed by atoms with E-state index < -0.39 is 5.79 Å². The Morgan fingerprint density at radius 2 is 1.49 bits per heavy atom. The number of hydrogen-bond donors (Lipinski definition) is 0. The fraction of sp³-hybridized carbons (Fsp3) is 0.395. The third-order valence-electron chi connectivity index (χ3n) is 9.89. The lowest BCUT2D eigenvalue weighted by molar-refractivity contribution is -0.186. The lowest BCUT2D eigenvalue weighted by Gasteiger charge is -2.36. The molecule has 0 radical (unpaired) electrons. The first-order valence-corrected chi connectivity index (χ1v) is 18.1. The van der Waals surface area contributed by atoms with Gasteiger partial charge in [0.05, 0.1) is 30.6 Å². The van der Waals surface area contributed by atoms with Crippen LogP contribution in [0.3, 0.4) is 0 Å². The summed E-state index contributed by atoms with van der Waals surface area (Å²) in [5.41, 5.74) is 3.79. The maximum atomic E-state index is 12.0. The third-order valence-corrected chi connectivity index (χ3v) is 10.4. The maximum absolute atomic E-state index is 12.0. The van der Waals surface area contributed by atoms with Gasteiger partial charge in [0, 0.05) is 113 Å². The highest BCUT2D eigenvalue weighted by molar-refractivity contribution is 6.35. The largest absolute Gasteiger partial charge is 0.457 e. The number of piperazine rings is 2. The number of halogens is 2. The summed E-state index contributed by atoms with van der Waals surface area (Å²) in [5.74, 6) is 0.512. The van der Waals surface area contributed by atoms with Gasteiger partial charge in [0.2, 0.25) is 17.6 Å². The summed E-state index contributed by atoms with van der Waals surface area (Å²) >= 11 is 13.0. The standard InChI is InChI=1S/C38H42Cl2N6O5/c1-27(47)43-13-17-45(18-14-43)31-6-8-33(9-7-31)50-37-23-32(46-19-15-44(16-20-46)28(2)48)5-3-29(37)21-34-24-49-38(51-34,25-42-12-11-41-26-42)35-10-4-30(39)22-36(35)40/h3-12,22-23,26,34H,13-21,24-25H2,1-2H3. The van der Waals surface area contributed by atoms with Crippen LogP contribution in [0.15, 0.2) is 79.4 Å². The van der Waals surface area contributed by atoms with E-state index in [0.29, 0.717) is 67.1 Å². The number of aromatic nitrogens is 2. The molecule has 0 saturated carbocycles. The minimum Gasteiger partial charge on any atom is -0.457 e. The Bertz CT molecular complexity index is 1840. The SMILES string of the molecule is CC(=O)N1CCN(c2ccc(Oc3cc(N4CCN(C(C)=O)CC4)ccc3CC3COC(Cn4ccnc4)(c4ccc(Cl)cc4Cl)O3)cc2)CC1. The topological polar surface area (TPSA) is 92.6 Å². The van der Waals surface area contributed by atoms with Gasteiger partial charge in [0.1, 0.15) is 11.5 Å². The van der Waals surface area contributed by atoms with E-state index in [1.807, 2.05) is 38.8 Å². The van der Waals surface area contributed by atoms with Crippen molar-refractivity contribution in [2.24, 2.45) is 0 Å². The van der Waals surface area contributed by atoms with E-state index in [2.05, 4.69) is 45.1 Å². The van der Waals surface area contributed by atoms with E-state index >= 15 is 0 Å². The summed E-state index contributed by atoms with van der Waals surface area (Å²) in [4.78, 5) is 36.3. The molecule has 51 heavy (non-hydrogen) atoms. The molecule has 4 aromatic rings. The molecule has 3 fully saturated rings.